The van der Waals surface area contributed by atoms with Gasteiger partial charge in [0.15, 0.2) is 0 Å². The largest absolute Gasteiger partial charge is 0.492 e. The molecule has 1 N–H and O–H groups in total. The minimum Gasteiger partial charge on any atom is -0.492 e. The molecule has 2 aliphatic heterocycles. The Morgan fingerprint density at radius 2 is 1.74 bits per heavy atom. The van der Waals surface area contributed by atoms with Crippen molar-refractivity contribution in [3.05, 3.63) is 87.5 Å². The number of carbonyl (C=O) groups is 1. The first kappa shape index (κ1) is 27.9. The highest BCUT2D eigenvalue weighted by atomic mass is 79.9. The molecule has 2 fully saturated rings. The maximum absolute atomic E-state index is 12.6. The number of hydrogen-bond donors (Lipinski definition) is 1. The molecule has 7 nitrogen and oxygen atoms in total. The van der Waals surface area contributed by atoms with Crippen molar-refractivity contribution in [2.45, 2.75) is 25.4 Å². The Morgan fingerprint density at radius 1 is 1.03 bits per heavy atom. The van der Waals surface area contributed by atoms with Gasteiger partial charge in [0, 0.05) is 51.4 Å². The summed E-state index contributed by atoms with van der Waals surface area (Å²) in [5, 5.41) is 3.70. The number of piperazine rings is 1. The predicted octanol–water partition coefficient (Wildman–Crippen LogP) is 5.34. The van der Waals surface area contributed by atoms with Crippen LogP contribution in [0.4, 0.5) is 5.82 Å². The average Bonchev–Trinajstić information content (AvgIpc) is 2.97. The molecule has 0 aliphatic carbocycles. The first-order chi connectivity index (χ1) is 19.0. The molecule has 5 rings (SSSR count). The van der Waals surface area contributed by atoms with E-state index in [4.69, 9.17) is 16.3 Å². The standard InChI is InChI=1S/C30H35BrClN5O2.H2/c31-28-20-24(30(38)33-12-19-39-27-4-2-1-3-5-27)21-34-29(28)37-17-15-36(16-18-37)26-10-13-35(14-11-26)22-23-6-8-25(32)9-7-23;/h1-9,20-21,26H,10-19,22H2,(H,33,38);1H. The van der Waals surface area contributed by atoms with Gasteiger partial charge in [-0.15, -0.1) is 0 Å². The van der Waals surface area contributed by atoms with Crippen LogP contribution < -0.4 is 15.0 Å². The maximum Gasteiger partial charge on any atom is 0.253 e. The van der Waals surface area contributed by atoms with Crippen molar-refractivity contribution in [2.24, 2.45) is 0 Å². The van der Waals surface area contributed by atoms with Crippen LogP contribution >= 0.6 is 27.5 Å². The Bertz CT molecular complexity index is 1220. The smallest absolute Gasteiger partial charge is 0.253 e. The van der Waals surface area contributed by atoms with E-state index in [-0.39, 0.29) is 7.33 Å². The molecule has 2 aromatic carbocycles. The van der Waals surface area contributed by atoms with Crippen LogP contribution in [0.3, 0.4) is 0 Å². The van der Waals surface area contributed by atoms with Crippen LogP contribution in [0, 0.1) is 0 Å². The van der Waals surface area contributed by atoms with Gasteiger partial charge in [0.25, 0.3) is 5.91 Å². The number of benzene rings is 2. The summed E-state index contributed by atoms with van der Waals surface area (Å²) in [4.78, 5) is 24.7. The number of piperidine rings is 1. The van der Waals surface area contributed by atoms with Crippen LogP contribution in [0.1, 0.15) is 30.2 Å². The average molecular weight is 615 g/mol. The Kier molecular flexibility index (Phi) is 9.74. The highest BCUT2D eigenvalue weighted by molar-refractivity contribution is 9.10. The maximum atomic E-state index is 12.6. The van der Waals surface area contributed by atoms with Gasteiger partial charge in [-0.2, -0.15) is 0 Å². The first-order valence-corrected chi connectivity index (χ1v) is 14.8. The quantitative estimate of drug-likeness (QED) is 0.329. The number of aromatic nitrogens is 1. The van der Waals surface area contributed by atoms with Gasteiger partial charge in [0.05, 0.1) is 16.6 Å². The van der Waals surface area contributed by atoms with E-state index in [9.17, 15) is 4.79 Å². The highest BCUT2D eigenvalue weighted by Gasteiger charge is 2.28. The van der Waals surface area contributed by atoms with Gasteiger partial charge >= 0.3 is 0 Å². The lowest BCUT2D eigenvalue weighted by molar-refractivity contribution is 0.0946. The molecule has 0 bridgehead atoms. The first-order valence-electron chi connectivity index (χ1n) is 13.6. The number of para-hydroxylation sites is 1. The second-order valence-corrected chi connectivity index (χ2v) is 11.4. The number of nitrogens with zero attached hydrogens (tertiary/aromatic N) is 4. The summed E-state index contributed by atoms with van der Waals surface area (Å²) in [5.41, 5.74) is 1.86. The van der Waals surface area contributed by atoms with Crippen molar-refractivity contribution >= 4 is 39.3 Å². The van der Waals surface area contributed by atoms with Gasteiger partial charge in [-0.25, -0.2) is 4.98 Å². The van der Waals surface area contributed by atoms with Crippen molar-refractivity contribution < 1.29 is 11.0 Å². The number of nitrogens with one attached hydrogen (secondary N) is 1. The van der Waals surface area contributed by atoms with Gasteiger partial charge in [0.1, 0.15) is 18.2 Å². The van der Waals surface area contributed by atoms with Crippen molar-refractivity contribution in [1.82, 2.24) is 20.1 Å². The lowest BCUT2D eigenvalue weighted by atomic mass is 10.0. The molecule has 0 saturated carbocycles. The Morgan fingerprint density at radius 3 is 2.44 bits per heavy atom. The van der Waals surface area contributed by atoms with E-state index in [1.165, 1.54) is 18.4 Å². The minimum absolute atomic E-state index is 0. The molecule has 2 saturated heterocycles. The fourth-order valence-corrected chi connectivity index (χ4v) is 6.06. The van der Waals surface area contributed by atoms with Gasteiger partial charge < -0.3 is 15.0 Å². The SMILES string of the molecule is O=C(NCCOc1ccccc1)c1cnc(N2CCN(C3CCN(Cc4ccc(Cl)cc4)CC3)CC2)c(Br)c1.[HH]. The van der Waals surface area contributed by atoms with E-state index >= 15 is 0 Å². The van der Waals surface area contributed by atoms with Gasteiger partial charge in [-0.3, -0.25) is 14.6 Å². The minimum atomic E-state index is -0.154. The number of hydrogen-bond acceptors (Lipinski definition) is 6. The second kappa shape index (κ2) is 13.6. The van der Waals surface area contributed by atoms with Crippen LogP contribution in [0.15, 0.2) is 71.3 Å². The molecular formula is C30H37BrClN5O2. The molecule has 208 valence electrons. The number of carbonyl (C=O) groups excluding carboxylic acids is 1. The van der Waals surface area contributed by atoms with E-state index in [0.717, 1.165) is 66.9 Å². The number of halogens is 2. The van der Waals surface area contributed by atoms with Gasteiger partial charge in [-0.05, 0) is 77.8 Å². The van der Waals surface area contributed by atoms with E-state index in [0.29, 0.717) is 24.8 Å². The second-order valence-electron chi connectivity index (χ2n) is 10.1. The third kappa shape index (κ3) is 7.72. The number of amides is 1. The topological polar surface area (TPSA) is 60.9 Å². The van der Waals surface area contributed by atoms with Crippen molar-refractivity contribution in [3.8, 4) is 5.75 Å². The van der Waals surface area contributed by atoms with E-state index in [1.54, 1.807) is 6.20 Å². The molecule has 39 heavy (non-hydrogen) atoms. The lowest BCUT2D eigenvalue weighted by Gasteiger charge is -2.43. The normalized spacial score (nSPS) is 17.2. The van der Waals surface area contributed by atoms with Gasteiger partial charge in [-0.1, -0.05) is 41.9 Å². The molecule has 0 spiro atoms. The highest BCUT2D eigenvalue weighted by Crippen LogP contribution is 2.27. The summed E-state index contributed by atoms with van der Waals surface area (Å²) < 4.78 is 6.49. The summed E-state index contributed by atoms with van der Waals surface area (Å²) in [6.07, 6.45) is 4.07. The lowest BCUT2D eigenvalue weighted by Crippen LogP contribution is -2.53. The zero-order chi connectivity index (χ0) is 27.0. The van der Waals surface area contributed by atoms with Gasteiger partial charge in [0.2, 0.25) is 0 Å². The van der Waals surface area contributed by atoms with Crippen molar-refractivity contribution in [1.29, 1.82) is 0 Å². The summed E-state index contributed by atoms with van der Waals surface area (Å²) in [6.45, 7) is 8.00. The monoisotopic (exact) mass is 613 g/mol. The van der Waals surface area contributed by atoms with Crippen LogP contribution in [0.5, 0.6) is 5.75 Å². The zero-order valence-electron chi connectivity index (χ0n) is 22.1. The van der Waals surface area contributed by atoms with Crippen molar-refractivity contribution in [2.75, 3.05) is 57.3 Å². The number of likely N-dealkylation sites (tertiary alicyclic amines) is 1. The Balaban J connectivity index is 0.00000370. The third-order valence-corrected chi connectivity index (χ3v) is 8.33. The number of rotatable bonds is 9. The number of ether oxygens (including phenoxy) is 1. The summed E-state index contributed by atoms with van der Waals surface area (Å²) in [7, 11) is 0. The molecule has 1 aromatic heterocycles. The Labute approximate surface area is 245 Å². The third-order valence-electron chi connectivity index (χ3n) is 7.49. The molecule has 2 aliphatic rings. The fourth-order valence-electron chi connectivity index (χ4n) is 5.33. The van der Waals surface area contributed by atoms with E-state index < -0.39 is 0 Å². The number of pyridine rings is 1. The summed E-state index contributed by atoms with van der Waals surface area (Å²) >= 11 is 9.68. The zero-order valence-corrected chi connectivity index (χ0v) is 24.4. The predicted molar refractivity (Wildman–Crippen MR) is 162 cm³/mol. The summed E-state index contributed by atoms with van der Waals surface area (Å²) in [6, 6.07) is 20.3. The molecule has 9 heteroatoms. The van der Waals surface area contributed by atoms with E-state index in [1.807, 2.05) is 48.5 Å². The van der Waals surface area contributed by atoms with E-state index in [2.05, 4.69) is 53.1 Å². The Hall–Kier alpha value is -2.65. The van der Waals surface area contributed by atoms with Crippen LogP contribution in [0.2, 0.25) is 5.02 Å². The molecule has 1 amide bonds. The van der Waals surface area contributed by atoms with Crippen LogP contribution in [-0.2, 0) is 6.54 Å². The van der Waals surface area contributed by atoms with Crippen molar-refractivity contribution in [3.63, 3.8) is 0 Å². The molecule has 3 aromatic rings. The molecule has 0 radical (unpaired) electrons. The summed E-state index contributed by atoms with van der Waals surface area (Å²) in [5.74, 6) is 1.54. The van der Waals surface area contributed by atoms with Crippen LogP contribution in [-0.4, -0.2) is 79.2 Å². The number of anilines is 1. The van der Waals surface area contributed by atoms with Crippen LogP contribution in [0.25, 0.3) is 0 Å². The fraction of sp³-hybridized carbons (Fsp3) is 0.400. The molecule has 0 atom stereocenters. The molecular weight excluding hydrogens is 578 g/mol. The molecule has 0 unspecified atom stereocenters. The molecule has 3 heterocycles.